The van der Waals surface area contributed by atoms with Crippen LogP contribution in [0.4, 0.5) is 0 Å². The average molecular weight is 191 g/mol. The molecular formula is C13H21N. The zero-order chi connectivity index (χ0) is 10.6. The summed E-state index contributed by atoms with van der Waals surface area (Å²) < 4.78 is 0. The molecule has 0 N–H and O–H groups in total. The van der Waals surface area contributed by atoms with E-state index in [0.717, 1.165) is 12.1 Å². The highest BCUT2D eigenvalue weighted by Crippen LogP contribution is 2.21. The number of hydrogen-bond acceptors (Lipinski definition) is 1. The van der Waals surface area contributed by atoms with Crippen LogP contribution < -0.4 is 0 Å². The van der Waals surface area contributed by atoms with Crippen LogP contribution in [0, 0.1) is 12.3 Å². The van der Waals surface area contributed by atoms with Gasteiger partial charge in [0.2, 0.25) is 0 Å². The molecular weight excluding hydrogens is 170 g/mol. The van der Waals surface area contributed by atoms with Crippen LogP contribution in [0.5, 0.6) is 0 Å². The van der Waals surface area contributed by atoms with Gasteiger partial charge in [0.05, 0.1) is 0 Å². The van der Waals surface area contributed by atoms with Crippen molar-refractivity contribution in [2.75, 3.05) is 0 Å². The first-order chi connectivity index (χ1) is 6.47. The van der Waals surface area contributed by atoms with E-state index in [0.29, 0.717) is 5.41 Å². The van der Waals surface area contributed by atoms with E-state index >= 15 is 0 Å². The van der Waals surface area contributed by atoms with E-state index in [1.54, 1.807) is 0 Å². The van der Waals surface area contributed by atoms with Crippen LogP contribution in [0.3, 0.4) is 0 Å². The number of rotatable bonds is 3. The Morgan fingerprint density at radius 3 is 2.50 bits per heavy atom. The van der Waals surface area contributed by atoms with E-state index in [-0.39, 0.29) is 0 Å². The van der Waals surface area contributed by atoms with Gasteiger partial charge in [-0.2, -0.15) is 0 Å². The summed E-state index contributed by atoms with van der Waals surface area (Å²) in [5.74, 6) is 0. The van der Waals surface area contributed by atoms with Gasteiger partial charge in [0.15, 0.2) is 0 Å². The maximum Gasteiger partial charge on any atom is 0.0406 e. The third-order valence-corrected chi connectivity index (χ3v) is 2.31. The number of nitrogens with zero attached hydrogens (tertiary/aromatic N) is 1. The van der Waals surface area contributed by atoms with Crippen molar-refractivity contribution in [1.29, 1.82) is 0 Å². The maximum atomic E-state index is 4.49. The van der Waals surface area contributed by atoms with Gasteiger partial charge < -0.3 is 0 Å². The molecule has 0 bridgehead atoms. The van der Waals surface area contributed by atoms with E-state index in [1.165, 1.54) is 18.5 Å². The van der Waals surface area contributed by atoms with Crippen LogP contribution in [0.1, 0.15) is 45.0 Å². The van der Waals surface area contributed by atoms with Gasteiger partial charge in [-0.15, -0.1) is 0 Å². The Hall–Kier alpha value is -0.850. The third-order valence-electron chi connectivity index (χ3n) is 2.31. The van der Waals surface area contributed by atoms with E-state index in [2.05, 4.69) is 37.9 Å². The van der Waals surface area contributed by atoms with E-state index in [1.807, 2.05) is 13.0 Å². The fraction of sp³-hybridized carbons (Fsp3) is 0.615. The van der Waals surface area contributed by atoms with Crippen LogP contribution in [0.15, 0.2) is 18.2 Å². The fourth-order valence-electron chi connectivity index (χ4n) is 1.54. The van der Waals surface area contributed by atoms with Crippen LogP contribution in [-0.2, 0) is 6.42 Å². The Bertz CT molecular complexity index is 284. The van der Waals surface area contributed by atoms with Gasteiger partial charge in [0, 0.05) is 11.4 Å². The molecule has 0 saturated heterocycles. The SMILES string of the molecule is Cc1cccc(CCCC(C)(C)C)n1. The minimum atomic E-state index is 0.448. The lowest BCUT2D eigenvalue weighted by atomic mass is 9.89. The summed E-state index contributed by atoms with van der Waals surface area (Å²) in [6, 6.07) is 6.26. The highest BCUT2D eigenvalue weighted by atomic mass is 14.7. The monoisotopic (exact) mass is 191 g/mol. The summed E-state index contributed by atoms with van der Waals surface area (Å²) in [6.45, 7) is 8.91. The Kier molecular flexibility index (Phi) is 3.68. The predicted molar refractivity (Wildman–Crippen MR) is 61.4 cm³/mol. The third kappa shape index (κ3) is 4.40. The first-order valence-electron chi connectivity index (χ1n) is 5.40. The van der Waals surface area contributed by atoms with Crippen molar-refractivity contribution < 1.29 is 0 Å². The smallest absolute Gasteiger partial charge is 0.0406 e. The second-order valence-electron chi connectivity index (χ2n) is 5.18. The normalized spacial score (nSPS) is 11.7. The standard InChI is InChI=1S/C13H21N/c1-11-7-5-8-12(14-11)9-6-10-13(2,3)4/h5,7-8H,6,9-10H2,1-4H3. The zero-order valence-electron chi connectivity index (χ0n) is 9.80. The lowest BCUT2D eigenvalue weighted by molar-refractivity contribution is 0.365. The van der Waals surface area contributed by atoms with Crippen molar-refractivity contribution in [2.45, 2.75) is 47.0 Å². The van der Waals surface area contributed by atoms with E-state index in [4.69, 9.17) is 0 Å². The van der Waals surface area contributed by atoms with Crippen molar-refractivity contribution in [3.05, 3.63) is 29.6 Å². The molecule has 1 rings (SSSR count). The van der Waals surface area contributed by atoms with Gasteiger partial charge in [0.1, 0.15) is 0 Å². The Labute approximate surface area is 87.6 Å². The van der Waals surface area contributed by atoms with Crippen LogP contribution in [-0.4, -0.2) is 4.98 Å². The summed E-state index contributed by atoms with van der Waals surface area (Å²) >= 11 is 0. The number of pyridine rings is 1. The highest BCUT2D eigenvalue weighted by Gasteiger charge is 2.09. The molecule has 0 aliphatic rings. The Morgan fingerprint density at radius 2 is 1.93 bits per heavy atom. The van der Waals surface area contributed by atoms with Gasteiger partial charge >= 0.3 is 0 Å². The largest absolute Gasteiger partial charge is 0.258 e. The molecule has 0 aliphatic carbocycles. The molecule has 0 fully saturated rings. The van der Waals surface area contributed by atoms with Crippen molar-refractivity contribution in [3.8, 4) is 0 Å². The zero-order valence-corrected chi connectivity index (χ0v) is 9.80. The molecule has 0 unspecified atom stereocenters. The number of aryl methyl sites for hydroxylation is 2. The summed E-state index contributed by atoms with van der Waals surface area (Å²) in [6.07, 6.45) is 3.61. The summed E-state index contributed by atoms with van der Waals surface area (Å²) in [4.78, 5) is 4.49. The average Bonchev–Trinajstić information content (AvgIpc) is 2.01. The first-order valence-corrected chi connectivity index (χ1v) is 5.40. The molecule has 1 heterocycles. The van der Waals surface area contributed by atoms with E-state index < -0.39 is 0 Å². The summed E-state index contributed by atoms with van der Waals surface area (Å²) in [5.41, 5.74) is 2.80. The topological polar surface area (TPSA) is 12.9 Å². The van der Waals surface area contributed by atoms with Gasteiger partial charge in [-0.25, -0.2) is 0 Å². The molecule has 0 spiro atoms. The minimum Gasteiger partial charge on any atom is -0.258 e. The van der Waals surface area contributed by atoms with Gasteiger partial charge in [-0.05, 0) is 43.7 Å². The summed E-state index contributed by atoms with van der Waals surface area (Å²) in [7, 11) is 0. The van der Waals surface area contributed by atoms with Crippen molar-refractivity contribution in [1.82, 2.24) is 4.98 Å². The number of hydrogen-bond donors (Lipinski definition) is 0. The van der Waals surface area contributed by atoms with Gasteiger partial charge in [-0.3, -0.25) is 4.98 Å². The number of aromatic nitrogens is 1. The lowest BCUT2D eigenvalue weighted by Crippen LogP contribution is -2.05. The van der Waals surface area contributed by atoms with Crippen LogP contribution in [0.2, 0.25) is 0 Å². The molecule has 1 heteroatoms. The van der Waals surface area contributed by atoms with Crippen LogP contribution in [0.25, 0.3) is 0 Å². The molecule has 1 aromatic rings. The molecule has 0 radical (unpaired) electrons. The lowest BCUT2D eigenvalue weighted by Gasteiger charge is -2.17. The van der Waals surface area contributed by atoms with Crippen molar-refractivity contribution in [3.63, 3.8) is 0 Å². The Morgan fingerprint density at radius 1 is 1.21 bits per heavy atom. The second kappa shape index (κ2) is 4.59. The van der Waals surface area contributed by atoms with Crippen molar-refractivity contribution >= 4 is 0 Å². The van der Waals surface area contributed by atoms with Gasteiger partial charge in [-0.1, -0.05) is 26.8 Å². The molecule has 0 saturated carbocycles. The molecule has 0 amide bonds. The predicted octanol–water partition coefficient (Wildman–Crippen LogP) is 3.76. The molecule has 0 aromatic carbocycles. The van der Waals surface area contributed by atoms with E-state index in [9.17, 15) is 0 Å². The second-order valence-corrected chi connectivity index (χ2v) is 5.18. The molecule has 0 atom stereocenters. The molecule has 1 aromatic heterocycles. The quantitative estimate of drug-likeness (QED) is 0.709. The molecule has 78 valence electrons. The van der Waals surface area contributed by atoms with Crippen LogP contribution >= 0.6 is 0 Å². The molecule has 14 heavy (non-hydrogen) atoms. The summed E-state index contributed by atoms with van der Waals surface area (Å²) in [5, 5.41) is 0. The minimum absolute atomic E-state index is 0.448. The first kappa shape index (κ1) is 11.2. The maximum absolute atomic E-state index is 4.49. The molecule has 1 nitrogen and oxygen atoms in total. The molecule has 0 aliphatic heterocycles. The highest BCUT2D eigenvalue weighted by molar-refractivity contribution is 5.09. The fourth-order valence-corrected chi connectivity index (χ4v) is 1.54. The Balaban J connectivity index is 2.39. The van der Waals surface area contributed by atoms with Gasteiger partial charge in [0.25, 0.3) is 0 Å². The van der Waals surface area contributed by atoms with Crippen molar-refractivity contribution in [2.24, 2.45) is 5.41 Å².